The topological polar surface area (TPSA) is 67.7 Å². The van der Waals surface area contributed by atoms with Gasteiger partial charge in [0.25, 0.3) is 5.23 Å². The maximum absolute atomic E-state index is 11.7. The molecule has 100 valence electrons. The second-order valence-corrected chi connectivity index (χ2v) is 4.97. The minimum atomic E-state index is -0.145. The molecule has 0 radical (unpaired) electrons. The van der Waals surface area contributed by atoms with Crippen LogP contribution in [0.4, 0.5) is 5.95 Å². The van der Waals surface area contributed by atoms with Crippen LogP contribution in [0.5, 0.6) is 0 Å². The van der Waals surface area contributed by atoms with Gasteiger partial charge in [-0.05, 0) is 19.9 Å². The van der Waals surface area contributed by atoms with Gasteiger partial charge in [0.05, 0.1) is 7.11 Å². The summed E-state index contributed by atoms with van der Waals surface area (Å²) in [7, 11) is 3.26. The van der Waals surface area contributed by atoms with E-state index in [1.54, 1.807) is 18.1 Å². The molecule has 0 unspecified atom stereocenters. The van der Waals surface area contributed by atoms with Gasteiger partial charge in [-0.1, -0.05) is 0 Å². The van der Waals surface area contributed by atoms with Crippen LogP contribution < -0.4 is 4.90 Å². The van der Waals surface area contributed by atoms with Crippen LogP contribution in [-0.4, -0.2) is 34.5 Å². The summed E-state index contributed by atoms with van der Waals surface area (Å²) >= 11 is 0.970. The predicted octanol–water partition coefficient (Wildman–Crippen LogP) is 1.65. The number of ether oxygens (including phenoxy) is 1. The molecule has 0 atom stereocenters. The van der Waals surface area contributed by atoms with Crippen molar-refractivity contribution in [1.82, 2.24) is 9.97 Å². The molecule has 1 aromatic heterocycles. The molecule has 1 aliphatic rings. The smallest absolute Gasteiger partial charge is 0.259 e. The van der Waals surface area contributed by atoms with Crippen molar-refractivity contribution in [1.29, 1.82) is 0 Å². The molecular weight excluding hydrogens is 264 g/mol. The molecule has 1 aromatic rings. The molecule has 0 N–H and O–H groups in total. The molecule has 1 aliphatic heterocycles. The number of rotatable bonds is 2. The SMILES string of the molecule is COC1=N/C(=C/N(C)c2nc(C)cc(C)n2)C(=O)S1. The Hall–Kier alpha value is -1.89. The Morgan fingerprint density at radius 3 is 2.47 bits per heavy atom. The summed E-state index contributed by atoms with van der Waals surface area (Å²) in [6, 6.07) is 1.89. The Bertz CT molecular complexity index is 563. The summed E-state index contributed by atoms with van der Waals surface area (Å²) in [4.78, 5) is 26.0. The van der Waals surface area contributed by atoms with E-state index >= 15 is 0 Å². The molecule has 0 bridgehead atoms. The van der Waals surface area contributed by atoms with Gasteiger partial charge in [-0.15, -0.1) is 0 Å². The third kappa shape index (κ3) is 3.11. The zero-order valence-corrected chi connectivity index (χ0v) is 12.0. The van der Waals surface area contributed by atoms with Gasteiger partial charge < -0.3 is 9.64 Å². The van der Waals surface area contributed by atoms with Gasteiger partial charge in [-0.25, -0.2) is 15.0 Å². The monoisotopic (exact) mass is 278 g/mol. The Morgan fingerprint density at radius 2 is 1.95 bits per heavy atom. The first-order chi connectivity index (χ1) is 8.99. The van der Waals surface area contributed by atoms with Gasteiger partial charge in [0.1, 0.15) is 5.70 Å². The Kier molecular flexibility index (Phi) is 3.84. The molecule has 2 heterocycles. The van der Waals surface area contributed by atoms with E-state index in [9.17, 15) is 4.79 Å². The van der Waals surface area contributed by atoms with E-state index in [-0.39, 0.29) is 5.12 Å². The number of aryl methyl sites for hydroxylation is 2. The fraction of sp³-hybridized carbons (Fsp3) is 0.333. The second-order valence-electron chi connectivity index (χ2n) is 4.05. The molecule has 19 heavy (non-hydrogen) atoms. The van der Waals surface area contributed by atoms with Crippen LogP contribution in [0.15, 0.2) is 23.0 Å². The van der Waals surface area contributed by atoms with Crippen LogP contribution >= 0.6 is 11.8 Å². The molecule has 6 nitrogen and oxygen atoms in total. The van der Waals surface area contributed by atoms with Gasteiger partial charge in [0, 0.05) is 36.4 Å². The number of thioether (sulfide) groups is 1. The zero-order chi connectivity index (χ0) is 14.0. The number of hydrogen-bond donors (Lipinski definition) is 0. The van der Waals surface area contributed by atoms with E-state index in [2.05, 4.69) is 15.0 Å². The number of carbonyl (C=O) groups is 1. The summed E-state index contributed by atoms with van der Waals surface area (Å²) in [5.74, 6) is 0.531. The van der Waals surface area contributed by atoms with Gasteiger partial charge in [0.2, 0.25) is 11.1 Å². The lowest BCUT2D eigenvalue weighted by Crippen LogP contribution is -2.14. The van der Waals surface area contributed by atoms with Gasteiger partial charge in [0.15, 0.2) is 0 Å². The van der Waals surface area contributed by atoms with Crippen molar-refractivity contribution in [3.63, 3.8) is 0 Å². The maximum Gasteiger partial charge on any atom is 0.259 e. The predicted molar refractivity (Wildman–Crippen MR) is 75.0 cm³/mol. The fourth-order valence-corrected chi connectivity index (χ4v) is 2.16. The number of aromatic nitrogens is 2. The number of aliphatic imine (C=N–C) groups is 1. The second kappa shape index (κ2) is 5.40. The van der Waals surface area contributed by atoms with E-state index in [0.717, 1.165) is 23.1 Å². The average Bonchev–Trinajstić information content (AvgIpc) is 2.69. The highest BCUT2D eigenvalue weighted by molar-refractivity contribution is 8.26. The largest absolute Gasteiger partial charge is 0.476 e. The van der Waals surface area contributed by atoms with Crippen LogP contribution in [0.2, 0.25) is 0 Å². The summed E-state index contributed by atoms with van der Waals surface area (Å²) in [5, 5.41) is 0.207. The van der Waals surface area contributed by atoms with Crippen molar-refractivity contribution in [2.45, 2.75) is 13.8 Å². The number of nitrogens with zero attached hydrogens (tertiary/aromatic N) is 4. The third-order valence-corrected chi connectivity index (χ3v) is 3.20. The lowest BCUT2D eigenvalue weighted by atomic mass is 10.3. The molecule has 7 heteroatoms. The molecule has 0 spiro atoms. The van der Waals surface area contributed by atoms with Crippen molar-refractivity contribution in [3.05, 3.63) is 29.4 Å². The fourth-order valence-electron chi connectivity index (χ4n) is 1.57. The number of anilines is 1. The summed E-state index contributed by atoms with van der Waals surface area (Å²) in [5.41, 5.74) is 2.08. The Morgan fingerprint density at radius 1 is 1.32 bits per heavy atom. The van der Waals surface area contributed by atoms with Gasteiger partial charge in [-0.2, -0.15) is 0 Å². The van der Waals surface area contributed by atoms with Gasteiger partial charge in [-0.3, -0.25) is 4.79 Å². The van der Waals surface area contributed by atoms with Crippen molar-refractivity contribution < 1.29 is 9.53 Å². The standard InChI is InChI=1S/C12H14N4O2S/c1-7-5-8(2)14-11(13-7)16(3)6-9-10(17)19-12(15-9)18-4/h5-6H,1-4H3/b9-6+. The van der Waals surface area contributed by atoms with Crippen LogP contribution in [-0.2, 0) is 9.53 Å². The molecule has 0 saturated heterocycles. The Labute approximate surface area is 115 Å². The molecular formula is C12H14N4O2S. The summed E-state index contributed by atoms with van der Waals surface area (Å²) in [6.07, 6.45) is 1.61. The molecule has 2 rings (SSSR count). The number of hydrogen-bond acceptors (Lipinski definition) is 7. The molecule has 0 fully saturated rings. The molecule has 0 aromatic carbocycles. The van der Waals surface area contributed by atoms with E-state index in [1.807, 2.05) is 19.9 Å². The maximum atomic E-state index is 11.7. The highest BCUT2D eigenvalue weighted by Crippen LogP contribution is 2.24. The molecule has 0 amide bonds. The van der Waals surface area contributed by atoms with Gasteiger partial charge >= 0.3 is 0 Å². The van der Waals surface area contributed by atoms with Crippen molar-refractivity contribution in [2.24, 2.45) is 4.99 Å². The lowest BCUT2D eigenvalue weighted by Gasteiger charge is -2.13. The average molecular weight is 278 g/mol. The highest BCUT2D eigenvalue weighted by atomic mass is 32.2. The van der Waals surface area contributed by atoms with E-state index in [4.69, 9.17) is 4.74 Å². The Balaban J connectivity index is 2.27. The third-order valence-electron chi connectivity index (χ3n) is 2.38. The zero-order valence-electron chi connectivity index (χ0n) is 11.2. The van der Waals surface area contributed by atoms with Crippen molar-refractivity contribution >= 4 is 28.1 Å². The van der Waals surface area contributed by atoms with Crippen LogP contribution in [0.25, 0.3) is 0 Å². The minimum Gasteiger partial charge on any atom is -0.476 e. The van der Waals surface area contributed by atoms with E-state index < -0.39 is 0 Å². The molecule has 0 saturated carbocycles. The quantitative estimate of drug-likeness (QED) is 0.766. The van der Waals surface area contributed by atoms with E-state index in [0.29, 0.717) is 16.9 Å². The number of carbonyl (C=O) groups excluding carboxylic acids is 1. The van der Waals surface area contributed by atoms with Crippen LogP contribution in [0.3, 0.4) is 0 Å². The summed E-state index contributed by atoms with van der Waals surface area (Å²) < 4.78 is 4.94. The normalized spacial score (nSPS) is 16.7. The molecule has 0 aliphatic carbocycles. The van der Waals surface area contributed by atoms with Crippen LogP contribution in [0.1, 0.15) is 11.4 Å². The number of methoxy groups -OCH3 is 1. The summed E-state index contributed by atoms with van der Waals surface area (Å²) in [6.45, 7) is 3.80. The first kappa shape index (κ1) is 13.5. The van der Waals surface area contributed by atoms with Crippen LogP contribution in [0, 0.1) is 13.8 Å². The van der Waals surface area contributed by atoms with E-state index in [1.165, 1.54) is 7.11 Å². The first-order valence-corrected chi connectivity index (χ1v) is 6.43. The van der Waals surface area contributed by atoms with Crippen molar-refractivity contribution in [3.8, 4) is 0 Å². The lowest BCUT2D eigenvalue weighted by molar-refractivity contribution is -0.107. The first-order valence-electron chi connectivity index (χ1n) is 5.61. The highest BCUT2D eigenvalue weighted by Gasteiger charge is 2.23. The van der Waals surface area contributed by atoms with Crippen molar-refractivity contribution in [2.75, 3.05) is 19.1 Å². The minimum absolute atomic E-state index is 0.145.